The standard InChI is InChI=1S/C14H16O6/c1-6(15)3-7-4-8(16)11-9(17)5-10(20-2)14(19)12(11)13(7)18/h5,7,13,17-19H,3-4H2,1-2H3/t7-,13-/m0/s1. The lowest BCUT2D eigenvalue weighted by molar-refractivity contribution is -0.118. The van der Waals surface area contributed by atoms with Gasteiger partial charge in [-0.1, -0.05) is 0 Å². The highest BCUT2D eigenvalue weighted by Gasteiger charge is 2.38. The third kappa shape index (κ3) is 2.22. The van der Waals surface area contributed by atoms with E-state index in [9.17, 15) is 24.9 Å². The Bertz CT molecular complexity index is 578. The van der Waals surface area contributed by atoms with Gasteiger partial charge in [0.05, 0.1) is 18.8 Å². The number of methoxy groups -OCH3 is 1. The fourth-order valence-corrected chi connectivity index (χ4v) is 2.63. The van der Waals surface area contributed by atoms with Gasteiger partial charge in [-0.05, 0) is 6.92 Å². The van der Waals surface area contributed by atoms with E-state index in [0.29, 0.717) is 0 Å². The minimum Gasteiger partial charge on any atom is -0.507 e. The number of fused-ring (bicyclic) bond motifs is 1. The average molecular weight is 280 g/mol. The lowest BCUT2D eigenvalue weighted by Gasteiger charge is -2.30. The molecule has 1 aromatic rings. The summed E-state index contributed by atoms with van der Waals surface area (Å²) in [6, 6.07) is 1.13. The number of carbonyl (C=O) groups is 2. The summed E-state index contributed by atoms with van der Waals surface area (Å²) in [6.45, 7) is 1.37. The molecule has 0 spiro atoms. The number of rotatable bonds is 3. The summed E-state index contributed by atoms with van der Waals surface area (Å²) in [5.41, 5.74) is -0.167. The van der Waals surface area contributed by atoms with Crippen molar-refractivity contribution in [2.75, 3.05) is 7.11 Å². The van der Waals surface area contributed by atoms with Gasteiger partial charge in [-0.15, -0.1) is 0 Å². The second-order valence-electron chi connectivity index (χ2n) is 4.97. The number of aromatic hydroxyl groups is 2. The van der Waals surface area contributed by atoms with Crippen molar-refractivity contribution in [2.24, 2.45) is 5.92 Å². The molecular weight excluding hydrogens is 264 g/mol. The van der Waals surface area contributed by atoms with E-state index in [1.165, 1.54) is 14.0 Å². The predicted octanol–water partition coefficient (Wildman–Crippen LogP) is 1.32. The maximum Gasteiger partial charge on any atom is 0.167 e. The van der Waals surface area contributed by atoms with E-state index in [0.717, 1.165) is 6.07 Å². The molecule has 108 valence electrons. The van der Waals surface area contributed by atoms with E-state index in [1.807, 2.05) is 0 Å². The smallest absolute Gasteiger partial charge is 0.167 e. The van der Waals surface area contributed by atoms with E-state index >= 15 is 0 Å². The molecule has 6 nitrogen and oxygen atoms in total. The highest BCUT2D eigenvalue weighted by atomic mass is 16.5. The van der Waals surface area contributed by atoms with E-state index in [2.05, 4.69) is 0 Å². The number of aliphatic hydroxyl groups excluding tert-OH is 1. The van der Waals surface area contributed by atoms with Crippen molar-refractivity contribution in [1.82, 2.24) is 0 Å². The van der Waals surface area contributed by atoms with E-state index < -0.39 is 17.8 Å². The monoisotopic (exact) mass is 280 g/mol. The number of Topliss-reactive ketones (excluding diaryl/α,β-unsaturated/α-hetero) is 2. The summed E-state index contributed by atoms with van der Waals surface area (Å²) < 4.78 is 4.89. The quantitative estimate of drug-likeness (QED) is 0.721. The van der Waals surface area contributed by atoms with Crippen molar-refractivity contribution < 1.29 is 29.6 Å². The first kappa shape index (κ1) is 14.3. The number of hydrogen-bond acceptors (Lipinski definition) is 6. The highest BCUT2D eigenvalue weighted by molar-refractivity contribution is 6.02. The van der Waals surface area contributed by atoms with Crippen LogP contribution in [-0.2, 0) is 4.79 Å². The van der Waals surface area contributed by atoms with Gasteiger partial charge in [-0.3, -0.25) is 4.79 Å². The van der Waals surface area contributed by atoms with Crippen LogP contribution in [0.5, 0.6) is 17.2 Å². The number of phenolic OH excluding ortho intramolecular Hbond substituents is 2. The summed E-state index contributed by atoms with van der Waals surface area (Å²) in [5.74, 6) is -1.93. The molecule has 0 saturated heterocycles. The maximum absolute atomic E-state index is 12.1. The van der Waals surface area contributed by atoms with Gasteiger partial charge in [0, 0.05) is 30.4 Å². The minimum atomic E-state index is -1.20. The van der Waals surface area contributed by atoms with Gasteiger partial charge < -0.3 is 24.9 Å². The zero-order valence-electron chi connectivity index (χ0n) is 11.2. The zero-order chi connectivity index (χ0) is 15.0. The molecule has 0 radical (unpaired) electrons. The number of aliphatic hydroxyl groups is 1. The van der Waals surface area contributed by atoms with Crippen molar-refractivity contribution in [3.05, 3.63) is 17.2 Å². The van der Waals surface area contributed by atoms with Crippen LogP contribution in [0.15, 0.2) is 6.07 Å². The Labute approximate surface area is 115 Å². The van der Waals surface area contributed by atoms with Crippen LogP contribution in [0, 0.1) is 5.92 Å². The first-order chi connectivity index (χ1) is 9.36. The normalized spacial score (nSPS) is 21.4. The Hall–Kier alpha value is -2.08. The third-order valence-corrected chi connectivity index (χ3v) is 3.52. The number of ketones is 2. The lowest BCUT2D eigenvalue weighted by Crippen LogP contribution is -2.27. The van der Waals surface area contributed by atoms with E-state index in [1.54, 1.807) is 0 Å². The molecule has 2 atom stereocenters. The second-order valence-corrected chi connectivity index (χ2v) is 4.97. The SMILES string of the molecule is COc1cc(O)c2c(c1O)[C@@H](O)[C@@H](CC(C)=O)CC2=O. The predicted molar refractivity (Wildman–Crippen MR) is 69.0 cm³/mol. The molecule has 0 unspecified atom stereocenters. The second kappa shape index (κ2) is 5.13. The minimum absolute atomic E-state index is 0.0309. The molecular formula is C14H16O6. The topological polar surface area (TPSA) is 104 Å². The maximum atomic E-state index is 12.1. The van der Waals surface area contributed by atoms with Crippen LogP contribution in [0.2, 0.25) is 0 Å². The molecule has 0 saturated carbocycles. The summed E-state index contributed by atoms with van der Waals surface area (Å²) in [4.78, 5) is 23.3. The van der Waals surface area contributed by atoms with Crippen LogP contribution < -0.4 is 4.74 Å². The van der Waals surface area contributed by atoms with Crippen LogP contribution in [0.25, 0.3) is 0 Å². The number of hydrogen-bond donors (Lipinski definition) is 3. The third-order valence-electron chi connectivity index (χ3n) is 3.52. The molecule has 2 rings (SSSR count). The van der Waals surface area contributed by atoms with E-state index in [-0.39, 0.29) is 47.0 Å². The lowest BCUT2D eigenvalue weighted by atomic mass is 9.77. The zero-order valence-corrected chi connectivity index (χ0v) is 11.2. The van der Waals surface area contributed by atoms with Crippen LogP contribution in [-0.4, -0.2) is 34.0 Å². The Morgan fingerprint density at radius 1 is 1.45 bits per heavy atom. The van der Waals surface area contributed by atoms with Crippen LogP contribution in [0.3, 0.4) is 0 Å². The highest BCUT2D eigenvalue weighted by Crippen LogP contribution is 2.48. The number of carbonyl (C=O) groups excluding carboxylic acids is 2. The van der Waals surface area contributed by atoms with Gasteiger partial charge in [-0.2, -0.15) is 0 Å². The molecule has 0 bridgehead atoms. The molecule has 0 amide bonds. The number of ether oxygens (including phenoxy) is 1. The molecule has 1 aromatic carbocycles. The number of phenols is 2. The van der Waals surface area contributed by atoms with Crippen molar-refractivity contribution in [3.63, 3.8) is 0 Å². The molecule has 20 heavy (non-hydrogen) atoms. The summed E-state index contributed by atoms with van der Waals surface area (Å²) in [5, 5.41) is 30.2. The largest absolute Gasteiger partial charge is 0.507 e. The molecule has 0 heterocycles. The first-order valence-electron chi connectivity index (χ1n) is 6.20. The molecule has 0 aliphatic heterocycles. The molecule has 3 N–H and O–H groups in total. The Morgan fingerprint density at radius 2 is 2.10 bits per heavy atom. The summed E-state index contributed by atoms with van der Waals surface area (Å²) in [7, 11) is 1.30. The first-order valence-corrected chi connectivity index (χ1v) is 6.20. The summed E-state index contributed by atoms with van der Waals surface area (Å²) in [6.07, 6.45) is -1.22. The van der Waals surface area contributed by atoms with Crippen molar-refractivity contribution in [1.29, 1.82) is 0 Å². The Kier molecular flexibility index (Phi) is 3.67. The Morgan fingerprint density at radius 3 is 2.65 bits per heavy atom. The summed E-state index contributed by atoms with van der Waals surface area (Å²) >= 11 is 0. The van der Waals surface area contributed by atoms with Gasteiger partial charge in [-0.25, -0.2) is 0 Å². The van der Waals surface area contributed by atoms with Gasteiger partial charge in [0.25, 0.3) is 0 Å². The van der Waals surface area contributed by atoms with Crippen molar-refractivity contribution in [2.45, 2.75) is 25.9 Å². The van der Waals surface area contributed by atoms with Crippen LogP contribution in [0.1, 0.15) is 41.8 Å². The molecule has 6 heteroatoms. The van der Waals surface area contributed by atoms with Gasteiger partial charge >= 0.3 is 0 Å². The number of benzene rings is 1. The Balaban J connectivity index is 2.58. The van der Waals surface area contributed by atoms with Crippen LogP contribution in [0.4, 0.5) is 0 Å². The average Bonchev–Trinajstić information content (AvgIpc) is 2.37. The fraction of sp³-hybridized carbons (Fsp3) is 0.429. The van der Waals surface area contributed by atoms with Crippen molar-refractivity contribution in [3.8, 4) is 17.2 Å². The van der Waals surface area contributed by atoms with Crippen LogP contribution >= 0.6 is 0 Å². The molecule has 0 aromatic heterocycles. The van der Waals surface area contributed by atoms with E-state index in [4.69, 9.17) is 4.74 Å². The fourth-order valence-electron chi connectivity index (χ4n) is 2.63. The van der Waals surface area contributed by atoms with Crippen molar-refractivity contribution >= 4 is 11.6 Å². The molecule has 1 aliphatic rings. The van der Waals surface area contributed by atoms with Gasteiger partial charge in [0.15, 0.2) is 17.3 Å². The molecule has 1 aliphatic carbocycles. The van der Waals surface area contributed by atoms with Gasteiger partial charge in [0.2, 0.25) is 0 Å². The van der Waals surface area contributed by atoms with Gasteiger partial charge in [0.1, 0.15) is 11.5 Å². The molecule has 0 fully saturated rings.